The number of rotatable bonds is 10. The molecule has 1 amide bonds. The van der Waals surface area contributed by atoms with Crippen LogP contribution in [0, 0.1) is 20.8 Å². The van der Waals surface area contributed by atoms with Crippen molar-refractivity contribution >= 4 is 62.2 Å². The van der Waals surface area contributed by atoms with Crippen LogP contribution in [-0.4, -0.2) is 41.4 Å². The van der Waals surface area contributed by atoms with Crippen molar-refractivity contribution in [2.24, 2.45) is 0 Å². The molecule has 9 heteroatoms. The van der Waals surface area contributed by atoms with Crippen LogP contribution in [-0.2, 0) is 20.9 Å². The molecule has 1 aliphatic rings. The molecule has 3 rings (SSSR count). The highest BCUT2D eigenvalue weighted by Crippen LogP contribution is 2.40. The van der Waals surface area contributed by atoms with E-state index in [-0.39, 0.29) is 18.3 Å². The summed E-state index contributed by atoms with van der Waals surface area (Å²) in [5.74, 6) is 0.726. The number of carbonyl (C=O) groups excluding carboxylic acids is 2. The van der Waals surface area contributed by atoms with E-state index in [1.807, 2.05) is 19.1 Å². The molecule has 0 spiro atoms. The monoisotopic (exact) mass is 591 g/mol. The number of carbonyl (C=O) groups is 2. The molecule has 192 valence electrons. The van der Waals surface area contributed by atoms with Gasteiger partial charge in [0.25, 0.3) is 5.91 Å². The van der Waals surface area contributed by atoms with Crippen molar-refractivity contribution in [2.75, 3.05) is 20.3 Å². The first kappa shape index (κ1) is 28.2. The number of methoxy groups -OCH3 is 1. The number of nitrogens with zero attached hydrogens (tertiary/aromatic N) is 1. The molecule has 2 aromatic rings. The zero-order valence-corrected chi connectivity index (χ0v) is 24.3. The highest BCUT2D eigenvalue weighted by Gasteiger charge is 2.31. The third-order valence-corrected chi connectivity index (χ3v) is 7.78. The van der Waals surface area contributed by atoms with Crippen LogP contribution in [0.15, 0.2) is 33.6 Å². The summed E-state index contributed by atoms with van der Waals surface area (Å²) in [5, 5.41) is 0. The predicted molar refractivity (Wildman–Crippen MR) is 151 cm³/mol. The average molecular weight is 593 g/mol. The molecule has 6 nitrogen and oxygen atoms in total. The van der Waals surface area contributed by atoms with E-state index in [0.717, 1.165) is 15.6 Å². The van der Waals surface area contributed by atoms with E-state index in [2.05, 4.69) is 53.6 Å². The Morgan fingerprint density at radius 2 is 1.83 bits per heavy atom. The van der Waals surface area contributed by atoms with Crippen molar-refractivity contribution in [2.45, 2.75) is 47.1 Å². The molecule has 0 aromatic heterocycles. The summed E-state index contributed by atoms with van der Waals surface area (Å²) in [6.07, 6.45) is 2.52. The number of benzene rings is 2. The standard InChI is InChI=1S/C27H30BrNO5S2/c1-6-33-22-13-19(14-23-26(31)29(27(35)36-23)9-7-8-24(30)32-5)12-21(28)25(22)34-15-20-11-17(3)16(2)10-18(20)4/h10-14H,6-9,15H2,1-5H3/b23-14+. The third kappa shape index (κ3) is 6.89. The number of esters is 1. The second kappa shape index (κ2) is 12.7. The quantitative estimate of drug-likeness (QED) is 0.177. The van der Waals surface area contributed by atoms with Crippen LogP contribution < -0.4 is 9.47 Å². The Hall–Kier alpha value is -2.36. The van der Waals surface area contributed by atoms with Gasteiger partial charge in [0, 0.05) is 13.0 Å². The molecule has 2 aromatic carbocycles. The molecule has 0 radical (unpaired) electrons. The Bertz CT molecular complexity index is 1210. The Morgan fingerprint density at radius 1 is 1.11 bits per heavy atom. The van der Waals surface area contributed by atoms with Gasteiger partial charge in [-0.15, -0.1) is 0 Å². The first-order valence-electron chi connectivity index (χ1n) is 11.6. The molecule has 0 unspecified atom stereocenters. The van der Waals surface area contributed by atoms with E-state index >= 15 is 0 Å². The Morgan fingerprint density at radius 3 is 2.53 bits per heavy atom. The molecule has 0 aliphatic carbocycles. The summed E-state index contributed by atoms with van der Waals surface area (Å²) in [5.41, 5.74) is 5.56. The van der Waals surface area contributed by atoms with Crippen molar-refractivity contribution in [3.05, 3.63) is 61.5 Å². The van der Waals surface area contributed by atoms with E-state index in [4.69, 9.17) is 21.7 Å². The number of hydrogen-bond donors (Lipinski definition) is 0. The van der Waals surface area contributed by atoms with Gasteiger partial charge in [0.15, 0.2) is 11.5 Å². The van der Waals surface area contributed by atoms with E-state index in [9.17, 15) is 9.59 Å². The highest BCUT2D eigenvalue weighted by molar-refractivity contribution is 9.10. The van der Waals surface area contributed by atoms with Crippen molar-refractivity contribution in [3.8, 4) is 11.5 Å². The van der Waals surface area contributed by atoms with E-state index < -0.39 is 0 Å². The average Bonchev–Trinajstić information content (AvgIpc) is 3.08. The van der Waals surface area contributed by atoms with Gasteiger partial charge in [-0.05, 0) is 96.1 Å². The lowest BCUT2D eigenvalue weighted by molar-refractivity contribution is -0.141. The first-order chi connectivity index (χ1) is 17.1. The molecule has 36 heavy (non-hydrogen) atoms. The van der Waals surface area contributed by atoms with Crippen LogP contribution in [0.5, 0.6) is 11.5 Å². The number of thiocarbonyl (C=S) groups is 1. The molecule has 1 aliphatic heterocycles. The maximum absolute atomic E-state index is 12.9. The van der Waals surface area contributed by atoms with Gasteiger partial charge >= 0.3 is 5.97 Å². The van der Waals surface area contributed by atoms with Gasteiger partial charge in [0.05, 0.1) is 23.1 Å². The van der Waals surface area contributed by atoms with Gasteiger partial charge in [-0.3, -0.25) is 14.5 Å². The summed E-state index contributed by atoms with van der Waals surface area (Å²) >= 11 is 10.3. The summed E-state index contributed by atoms with van der Waals surface area (Å²) in [6.45, 7) is 9.44. The number of amides is 1. The Kier molecular flexibility index (Phi) is 9.99. The summed E-state index contributed by atoms with van der Waals surface area (Å²) in [7, 11) is 1.35. The molecule has 1 heterocycles. The fraction of sp³-hybridized carbons (Fsp3) is 0.370. The Labute approximate surface area is 230 Å². The lowest BCUT2D eigenvalue weighted by Gasteiger charge is -2.16. The predicted octanol–water partition coefficient (Wildman–Crippen LogP) is 6.51. The van der Waals surface area contributed by atoms with Crippen molar-refractivity contribution in [1.29, 1.82) is 0 Å². The second-order valence-corrected chi connectivity index (χ2v) is 11.0. The summed E-state index contributed by atoms with van der Waals surface area (Å²) in [4.78, 5) is 26.3. The van der Waals surface area contributed by atoms with Crippen LogP contribution in [0.2, 0.25) is 0 Å². The van der Waals surface area contributed by atoms with Crippen LogP contribution in [0.3, 0.4) is 0 Å². The SMILES string of the molecule is CCOc1cc(/C=C2/SC(=S)N(CCCC(=O)OC)C2=O)cc(Br)c1OCc1cc(C)c(C)cc1C. The van der Waals surface area contributed by atoms with Gasteiger partial charge in [0.1, 0.15) is 10.9 Å². The van der Waals surface area contributed by atoms with Crippen LogP contribution in [0.4, 0.5) is 0 Å². The second-order valence-electron chi connectivity index (χ2n) is 8.43. The van der Waals surface area contributed by atoms with Crippen molar-refractivity contribution < 1.29 is 23.8 Å². The molecule has 1 saturated heterocycles. The van der Waals surface area contributed by atoms with E-state index in [0.29, 0.717) is 46.9 Å². The topological polar surface area (TPSA) is 65.1 Å². The number of halogens is 1. The van der Waals surface area contributed by atoms with Gasteiger partial charge in [-0.25, -0.2) is 0 Å². The van der Waals surface area contributed by atoms with Gasteiger partial charge < -0.3 is 14.2 Å². The lowest BCUT2D eigenvalue weighted by Crippen LogP contribution is -2.29. The minimum absolute atomic E-state index is 0.172. The minimum Gasteiger partial charge on any atom is -0.490 e. The number of thioether (sulfide) groups is 1. The Balaban J connectivity index is 1.79. The lowest BCUT2D eigenvalue weighted by atomic mass is 10.0. The zero-order valence-electron chi connectivity index (χ0n) is 21.1. The fourth-order valence-electron chi connectivity index (χ4n) is 3.73. The molecule has 0 atom stereocenters. The minimum atomic E-state index is -0.306. The van der Waals surface area contributed by atoms with Gasteiger partial charge in [-0.2, -0.15) is 0 Å². The van der Waals surface area contributed by atoms with Crippen molar-refractivity contribution in [1.82, 2.24) is 4.90 Å². The van der Waals surface area contributed by atoms with Crippen LogP contribution >= 0.6 is 39.9 Å². The summed E-state index contributed by atoms with van der Waals surface area (Å²) in [6, 6.07) is 8.08. The normalized spacial score (nSPS) is 14.5. The molecule has 1 fully saturated rings. The molecular weight excluding hydrogens is 562 g/mol. The largest absolute Gasteiger partial charge is 0.490 e. The van der Waals surface area contributed by atoms with Gasteiger partial charge in [0.2, 0.25) is 0 Å². The van der Waals surface area contributed by atoms with Crippen molar-refractivity contribution in [3.63, 3.8) is 0 Å². The first-order valence-corrected chi connectivity index (χ1v) is 13.6. The maximum Gasteiger partial charge on any atom is 0.305 e. The fourth-order valence-corrected chi connectivity index (χ4v) is 5.61. The van der Waals surface area contributed by atoms with Crippen LogP contribution in [0.1, 0.15) is 47.6 Å². The highest BCUT2D eigenvalue weighted by atomic mass is 79.9. The van der Waals surface area contributed by atoms with Gasteiger partial charge in [-0.1, -0.05) is 36.1 Å². The zero-order chi connectivity index (χ0) is 26.4. The maximum atomic E-state index is 12.9. The molecule has 0 N–H and O–H groups in total. The smallest absolute Gasteiger partial charge is 0.305 e. The van der Waals surface area contributed by atoms with E-state index in [1.54, 1.807) is 6.08 Å². The molecular formula is C27H30BrNO5S2. The molecule has 0 bridgehead atoms. The number of aryl methyl sites for hydroxylation is 3. The third-order valence-electron chi connectivity index (χ3n) is 5.82. The summed E-state index contributed by atoms with van der Waals surface area (Å²) < 4.78 is 18.0. The number of ether oxygens (including phenoxy) is 3. The molecule has 0 saturated carbocycles. The van der Waals surface area contributed by atoms with Crippen LogP contribution in [0.25, 0.3) is 6.08 Å². The number of hydrogen-bond acceptors (Lipinski definition) is 7. The van der Waals surface area contributed by atoms with E-state index in [1.165, 1.54) is 40.5 Å².